The Hall–Kier alpha value is -2.13. The van der Waals surface area contributed by atoms with Gasteiger partial charge in [-0.05, 0) is 42.5 Å². The molecule has 0 spiro atoms. The molecule has 0 aliphatic rings. The van der Waals surface area contributed by atoms with E-state index in [-0.39, 0.29) is 23.7 Å². The van der Waals surface area contributed by atoms with Gasteiger partial charge < -0.3 is 15.2 Å². The quantitative estimate of drug-likeness (QED) is 0.676. The summed E-state index contributed by atoms with van der Waals surface area (Å²) in [6.45, 7) is -0.434. The molecule has 2 rings (SSSR count). The molecule has 0 aliphatic heterocycles. The summed E-state index contributed by atoms with van der Waals surface area (Å²) in [4.78, 5) is 12.3. The molecule has 2 aromatic rings. The Bertz CT molecular complexity index is 853. The van der Waals surface area contributed by atoms with Gasteiger partial charge in [-0.25, -0.2) is 13.1 Å². The number of rotatable bonds is 7. The molecule has 9 heteroatoms. The minimum absolute atomic E-state index is 0.0619. The lowest BCUT2D eigenvalue weighted by Gasteiger charge is -2.13. The molecule has 134 valence electrons. The highest BCUT2D eigenvalue weighted by Crippen LogP contribution is 2.28. The molecule has 0 saturated heterocycles. The number of carbonyl (C=O) groups is 1. The van der Waals surface area contributed by atoms with Crippen LogP contribution in [0.4, 0.5) is 5.69 Å². The van der Waals surface area contributed by atoms with E-state index in [1.165, 1.54) is 25.3 Å². The summed E-state index contributed by atoms with van der Waals surface area (Å²) in [6.07, 6.45) is 0. The topological polar surface area (TPSA) is 105 Å². The zero-order valence-electron chi connectivity index (χ0n) is 13.3. The molecule has 0 unspecified atom stereocenters. The Morgan fingerprint density at radius 2 is 1.88 bits per heavy atom. The van der Waals surface area contributed by atoms with Crippen molar-refractivity contribution in [3.63, 3.8) is 0 Å². The van der Waals surface area contributed by atoms with E-state index in [2.05, 4.69) is 10.0 Å². The third kappa shape index (κ3) is 4.93. The molecule has 0 fully saturated rings. The van der Waals surface area contributed by atoms with Crippen LogP contribution in [0.5, 0.6) is 5.75 Å². The molecule has 0 aliphatic carbocycles. The van der Waals surface area contributed by atoms with Crippen molar-refractivity contribution in [1.82, 2.24) is 4.72 Å². The van der Waals surface area contributed by atoms with Crippen LogP contribution in [-0.4, -0.2) is 39.7 Å². The third-order valence-corrected chi connectivity index (χ3v) is 4.95. The Morgan fingerprint density at radius 1 is 1.20 bits per heavy atom. The molecular formula is C16H17ClN2O5S. The summed E-state index contributed by atoms with van der Waals surface area (Å²) >= 11 is 5.79. The zero-order valence-corrected chi connectivity index (χ0v) is 14.9. The number of aliphatic hydroxyl groups is 1. The first kappa shape index (κ1) is 19.2. The SMILES string of the molecule is COc1ccc(S(=O)(=O)NCCO)cc1NC(=O)c1ccc(Cl)cc1. The van der Waals surface area contributed by atoms with E-state index in [0.29, 0.717) is 16.3 Å². The van der Waals surface area contributed by atoms with Crippen LogP contribution in [0.2, 0.25) is 5.02 Å². The molecule has 0 radical (unpaired) electrons. The summed E-state index contributed by atoms with van der Waals surface area (Å²) in [6, 6.07) is 10.3. The maximum atomic E-state index is 12.3. The second kappa shape index (κ2) is 8.30. The van der Waals surface area contributed by atoms with E-state index in [0.717, 1.165) is 0 Å². The van der Waals surface area contributed by atoms with Crippen LogP contribution < -0.4 is 14.8 Å². The molecule has 0 bridgehead atoms. The predicted molar refractivity (Wildman–Crippen MR) is 94.7 cm³/mol. The monoisotopic (exact) mass is 384 g/mol. The van der Waals surface area contributed by atoms with Crippen LogP contribution in [0.15, 0.2) is 47.4 Å². The van der Waals surface area contributed by atoms with Crippen LogP contribution in [0.1, 0.15) is 10.4 Å². The number of carbonyl (C=O) groups excluding carboxylic acids is 1. The fourth-order valence-electron chi connectivity index (χ4n) is 2.01. The van der Waals surface area contributed by atoms with Gasteiger partial charge in [0.15, 0.2) is 0 Å². The molecule has 25 heavy (non-hydrogen) atoms. The Balaban J connectivity index is 2.31. The average Bonchev–Trinajstić information content (AvgIpc) is 2.60. The molecule has 0 atom stereocenters. The summed E-state index contributed by atoms with van der Waals surface area (Å²) in [5.74, 6) is -0.128. The van der Waals surface area contributed by atoms with Crippen molar-refractivity contribution in [1.29, 1.82) is 0 Å². The standard InChI is InChI=1S/C16H17ClN2O5S/c1-24-15-7-6-13(25(22,23)18-8-9-20)10-14(15)19-16(21)11-2-4-12(17)5-3-11/h2-7,10,18,20H,8-9H2,1H3,(H,19,21). The van der Waals surface area contributed by atoms with Crippen LogP contribution in [0.25, 0.3) is 0 Å². The van der Waals surface area contributed by atoms with Gasteiger partial charge in [-0.2, -0.15) is 0 Å². The van der Waals surface area contributed by atoms with E-state index in [1.54, 1.807) is 24.3 Å². The van der Waals surface area contributed by atoms with Crippen molar-refractivity contribution >= 4 is 33.2 Å². The number of amides is 1. The highest BCUT2D eigenvalue weighted by atomic mass is 35.5. The van der Waals surface area contributed by atoms with Gasteiger partial charge in [-0.3, -0.25) is 4.79 Å². The second-order valence-corrected chi connectivity index (χ2v) is 7.15. The van der Waals surface area contributed by atoms with Crippen molar-refractivity contribution < 1.29 is 23.1 Å². The number of aliphatic hydroxyl groups excluding tert-OH is 1. The number of hydrogen-bond acceptors (Lipinski definition) is 5. The first-order valence-corrected chi connectivity index (χ1v) is 9.09. The van der Waals surface area contributed by atoms with Gasteiger partial charge in [0.2, 0.25) is 10.0 Å². The molecule has 0 aromatic heterocycles. The Morgan fingerprint density at radius 3 is 2.48 bits per heavy atom. The molecule has 1 amide bonds. The predicted octanol–water partition coefficient (Wildman–Crippen LogP) is 1.87. The van der Waals surface area contributed by atoms with Gasteiger partial charge in [0.1, 0.15) is 5.75 Å². The largest absolute Gasteiger partial charge is 0.495 e. The third-order valence-electron chi connectivity index (χ3n) is 3.24. The molecule has 0 saturated carbocycles. The normalized spacial score (nSPS) is 11.2. The smallest absolute Gasteiger partial charge is 0.255 e. The Kier molecular flexibility index (Phi) is 6.38. The van der Waals surface area contributed by atoms with Gasteiger partial charge in [0, 0.05) is 17.1 Å². The van der Waals surface area contributed by atoms with Gasteiger partial charge in [-0.15, -0.1) is 0 Å². The molecule has 3 N–H and O–H groups in total. The van der Waals surface area contributed by atoms with E-state index >= 15 is 0 Å². The van der Waals surface area contributed by atoms with Crippen LogP contribution >= 0.6 is 11.6 Å². The lowest BCUT2D eigenvalue weighted by atomic mass is 10.2. The van der Waals surface area contributed by atoms with E-state index in [4.69, 9.17) is 21.4 Å². The number of sulfonamides is 1. The summed E-state index contributed by atoms with van der Waals surface area (Å²) in [7, 11) is -2.40. The number of ether oxygens (including phenoxy) is 1. The zero-order chi connectivity index (χ0) is 18.4. The number of hydrogen-bond donors (Lipinski definition) is 3. The minimum atomic E-state index is -3.81. The number of benzene rings is 2. The highest BCUT2D eigenvalue weighted by molar-refractivity contribution is 7.89. The van der Waals surface area contributed by atoms with Gasteiger partial charge in [-0.1, -0.05) is 11.6 Å². The maximum absolute atomic E-state index is 12.3. The lowest BCUT2D eigenvalue weighted by Crippen LogP contribution is -2.26. The summed E-state index contributed by atoms with van der Waals surface area (Å²) in [5, 5.41) is 11.9. The van der Waals surface area contributed by atoms with E-state index in [1.807, 2.05) is 0 Å². The van der Waals surface area contributed by atoms with Crippen molar-refractivity contribution in [2.75, 3.05) is 25.6 Å². The number of anilines is 1. The van der Waals surface area contributed by atoms with Gasteiger partial charge in [0.05, 0.1) is 24.3 Å². The van der Waals surface area contributed by atoms with Crippen LogP contribution in [-0.2, 0) is 10.0 Å². The summed E-state index contributed by atoms with van der Waals surface area (Å²) < 4.78 is 31.7. The van der Waals surface area contributed by atoms with Crippen molar-refractivity contribution in [3.05, 3.63) is 53.1 Å². The van der Waals surface area contributed by atoms with Crippen LogP contribution in [0.3, 0.4) is 0 Å². The minimum Gasteiger partial charge on any atom is -0.495 e. The van der Waals surface area contributed by atoms with Gasteiger partial charge >= 0.3 is 0 Å². The molecule has 0 heterocycles. The molecule has 2 aromatic carbocycles. The van der Waals surface area contributed by atoms with Crippen molar-refractivity contribution in [2.45, 2.75) is 4.90 Å². The number of methoxy groups -OCH3 is 1. The maximum Gasteiger partial charge on any atom is 0.255 e. The van der Waals surface area contributed by atoms with Crippen LogP contribution in [0, 0.1) is 0 Å². The number of halogens is 1. The summed E-state index contributed by atoms with van der Waals surface area (Å²) in [5.41, 5.74) is 0.562. The molecule has 7 nitrogen and oxygen atoms in total. The first-order valence-electron chi connectivity index (χ1n) is 7.23. The van der Waals surface area contributed by atoms with Gasteiger partial charge in [0.25, 0.3) is 5.91 Å². The first-order chi connectivity index (χ1) is 11.9. The highest BCUT2D eigenvalue weighted by Gasteiger charge is 2.17. The van der Waals surface area contributed by atoms with Crippen molar-refractivity contribution in [3.8, 4) is 5.75 Å². The average molecular weight is 385 g/mol. The number of nitrogens with one attached hydrogen (secondary N) is 2. The Labute approximate surface area is 150 Å². The second-order valence-electron chi connectivity index (χ2n) is 4.94. The fourth-order valence-corrected chi connectivity index (χ4v) is 3.18. The van der Waals surface area contributed by atoms with Crippen molar-refractivity contribution in [2.24, 2.45) is 0 Å². The molecular weight excluding hydrogens is 368 g/mol. The van der Waals surface area contributed by atoms with E-state index in [9.17, 15) is 13.2 Å². The fraction of sp³-hybridized carbons (Fsp3) is 0.188. The van der Waals surface area contributed by atoms with E-state index < -0.39 is 15.9 Å². The lowest BCUT2D eigenvalue weighted by molar-refractivity contribution is 0.102.